The van der Waals surface area contributed by atoms with Crippen LogP contribution in [0.3, 0.4) is 0 Å². The van der Waals surface area contributed by atoms with E-state index in [1.807, 2.05) is 52.0 Å². The molecule has 0 unspecified atom stereocenters. The number of imidazole rings is 2. The van der Waals surface area contributed by atoms with Crippen LogP contribution < -0.4 is 10.6 Å². The van der Waals surface area contributed by atoms with Gasteiger partial charge in [-0.1, -0.05) is 39.5 Å². The minimum absolute atomic E-state index is 0.115. The highest BCUT2D eigenvalue weighted by Gasteiger charge is 2.38. The lowest BCUT2D eigenvalue weighted by atomic mass is 10.0. The van der Waals surface area contributed by atoms with E-state index in [0.717, 1.165) is 36.8 Å². The summed E-state index contributed by atoms with van der Waals surface area (Å²) in [6.07, 6.45) is 5.22. The van der Waals surface area contributed by atoms with Crippen molar-refractivity contribution < 1.29 is 28.7 Å². The SMILES string of the molecule is COC(=O)N[C@H](C(=O)N1CCC[C@@H]1c1ncc(C#Cc2ccc(C#Cc3cnc([C@@H]4CCCN4C(=O)[C@@H](NC(=O)OC)C(C)C)[nH]3)cc2)[nH]1)C(C)C. The Balaban J connectivity index is 1.20. The summed E-state index contributed by atoms with van der Waals surface area (Å²) in [5, 5.41) is 5.33. The van der Waals surface area contributed by atoms with Gasteiger partial charge >= 0.3 is 12.2 Å². The zero-order valence-electron chi connectivity index (χ0n) is 30.4. The second-order valence-corrected chi connectivity index (χ2v) is 13.5. The second kappa shape index (κ2) is 17.0. The van der Waals surface area contributed by atoms with Crippen molar-refractivity contribution in [3.05, 3.63) is 70.8 Å². The van der Waals surface area contributed by atoms with Crippen molar-refractivity contribution in [3.63, 3.8) is 0 Å². The molecule has 0 radical (unpaired) electrons. The molecule has 274 valence electrons. The highest BCUT2D eigenvalue weighted by molar-refractivity contribution is 5.87. The predicted octanol–water partition coefficient (Wildman–Crippen LogP) is 4.02. The summed E-state index contributed by atoms with van der Waals surface area (Å²) in [4.78, 5) is 69.6. The lowest BCUT2D eigenvalue weighted by Crippen LogP contribution is -2.51. The molecule has 2 fully saturated rings. The van der Waals surface area contributed by atoms with Crippen molar-refractivity contribution in [2.45, 2.75) is 77.5 Å². The van der Waals surface area contributed by atoms with Gasteiger partial charge in [-0.3, -0.25) is 9.59 Å². The molecular weight excluding hydrogens is 664 g/mol. The normalized spacial score (nSPS) is 17.8. The second-order valence-electron chi connectivity index (χ2n) is 13.5. The molecular formula is C38H46N8O6. The number of aromatic amines is 2. The summed E-state index contributed by atoms with van der Waals surface area (Å²) in [6, 6.07) is 5.68. The first kappa shape index (κ1) is 37.5. The third-order valence-corrected chi connectivity index (χ3v) is 9.24. The number of nitrogens with one attached hydrogen (secondary N) is 4. The molecule has 5 rings (SSSR count). The standard InChI is InChI=1S/C38H46N8O6/c1-23(2)31(43-37(49)51-5)35(47)45-19-7-9-29(45)33-39-21-27(41-33)17-15-25-11-13-26(14-12-25)16-18-28-22-40-34(42-28)30-10-8-20-46(30)36(48)32(24(3)4)44-38(50)52-6/h11-14,21-24,29-32H,7-10,19-20H2,1-6H3,(H,39,41)(H,40,42)(H,43,49)(H,44,50)/t29-,30+,31-,32-/m0/s1. The van der Waals surface area contributed by atoms with Crippen molar-refractivity contribution in [2.75, 3.05) is 27.3 Å². The van der Waals surface area contributed by atoms with E-state index >= 15 is 0 Å². The first-order chi connectivity index (χ1) is 25.0. The van der Waals surface area contributed by atoms with Gasteiger partial charge in [0.2, 0.25) is 11.8 Å². The fraction of sp³-hybridized carbons (Fsp3) is 0.474. The Labute approximate surface area is 303 Å². The maximum Gasteiger partial charge on any atom is 0.407 e. The molecule has 0 bridgehead atoms. The third kappa shape index (κ3) is 8.93. The van der Waals surface area contributed by atoms with Crippen LogP contribution in [0.25, 0.3) is 0 Å². The van der Waals surface area contributed by atoms with E-state index in [4.69, 9.17) is 9.47 Å². The van der Waals surface area contributed by atoms with Crippen molar-refractivity contribution in [1.29, 1.82) is 0 Å². The molecule has 4 N–H and O–H groups in total. The van der Waals surface area contributed by atoms with E-state index in [-0.39, 0.29) is 35.7 Å². The molecule has 4 heterocycles. The van der Waals surface area contributed by atoms with Crippen LogP contribution >= 0.6 is 0 Å². The monoisotopic (exact) mass is 710 g/mol. The van der Waals surface area contributed by atoms with Crippen LogP contribution in [0, 0.1) is 35.5 Å². The quantitative estimate of drug-likeness (QED) is 0.254. The number of nitrogens with zero attached hydrogens (tertiary/aromatic N) is 4. The Bertz CT molecular complexity index is 1740. The van der Waals surface area contributed by atoms with Gasteiger partial charge in [0.25, 0.3) is 0 Å². The van der Waals surface area contributed by atoms with Crippen LogP contribution in [0.15, 0.2) is 36.7 Å². The number of rotatable bonds is 8. The molecule has 0 saturated carbocycles. The largest absolute Gasteiger partial charge is 0.453 e. The number of hydrogen-bond donors (Lipinski definition) is 4. The number of likely N-dealkylation sites (tertiary alicyclic amines) is 2. The molecule has 3 aromatic rings. The Hall–Kier alpha value is -5.76. The molecule has 1 aromatic carbocycles. The molecule has 4 atom stereocenters. The number of carbonyl (C=O) groups excluding carboxylic acids is 4. The number of alkyl carbamates (subject to hydrolysis) is 2. The molecule has 2 aliphatic heterocycles. The smallest absolute Gasteiger partial charge is 0.407 e. The summed E-state index contributed by atoms with van der Waals surface area (Å²) < 4.78 is 9.44. The first-order valence-electron chi connectivity index (χ1n) is 17.5. The first-order valence-corrected chi connectivity index (χ1v) is 17.5. The fourth-order valence-corrected chi connectivity index (χ4v) is 6.44. The van der Waals surface area contributed by atoms with Gasteiger partial charge in [-0.25, -0.2) is 19.6 Å². The number of ether oxygens (including phenoxy) is 2. The Kier molecular flexibility index (Phi) is 12.2. The minimum Gasteiger partial charge on any atom is -0.453 e. The molecule has 2 aromatic heterocycles. The Morgan fingerprint density at radius 1 is 0.692 bits per heavy atom. The van der Waals surface area contributed by atoms with Gasteiger partial charge in [0, 0.05) is 24.2 Å². The van der Waals surface area contributed by atoms with Gasteiger partial charge in [0.1, 0.15) is 35.1 Å². The Morgan fingerprint density at radius 3 is 1.42 bits per heavy atom. The van der Waals surface area contributed by atoms with Crippen LogP contribution in [-0.4, -0.2) is 93.1 Å². The third-order valence-electron chi connectivity index (χ3n) is 9.24. The average Bonchev–Trinajstić information content (AvgIpc) is 3.97. The van der Waals surface area contributed by atoms with Gasteiger partial charge in [-0.2, -0.15) is 0 Å². The molecule has 0 spiro atoms. The number of hydrogen-bond acceptors (Lipinski definition) is 8. The molecule has 2 aliphatic rings. The van der Waals surface area contributed by atoms with Crippen molar-refractivity contribution >= 4 is 24.0 Å². The van der Waals surface area contributed by atoms with Gasteiger partial charge in [0.15, 0.2) is 0 Å². The lowest BCUT2D eigenvalue weighted by molar-refractivity contribution is -0.136. The fourth-order valence-electron chi connectivity index (χ4n) is 6.44. The van der Waals surface area contributed by atoms with Gasteiger partial charge in [-0.05, 0) is 73.6 Å². The highest BCUT2D eigenvalue weighted by atomic mass is 16.5. The zero-order chi connectivity index (χ0) is 37.4. The molecule has 52 heavy (non-hydrogen) atoms. The molecule has 14 heteroatoms. The minimum atomic E-state index is -0.700. The summed E-state index contributed by atoms with van der Waals surface area (Å²) >= 11 is 0. The number of methoxy groups -OCH3 is 2. The van der Waals surface area contributed by atoms with Crippen LogP contribution in [0.2, 0.25) is 0 Å². The van der Waals surface area contributed by atoms with Crippen LogP contribution in [0.1, 0.15) is 99.6 Å². The molecule has 0 aliphatic carbocycles. The molecule has 2 saturated heterocycles. The van der Waals surface area contributed by atoms with Gasteiger partial charge in [0.05, 0.1) is 38.7 Å². The number of H-pyrrole nitrogens is 2. The van der Waals surface area contributed by atoms with E-state index in [1.54, 1.807) is 22.2 Å². The van der Waals surface area contributed by atoms with E-state index in [1.165, 1.54) is 14.2 Å². The Morgan fingerprint density at radius 2 is 1.08 bits per heavy atom. The number of carbonyl (C=O) groups is 4. The average molecular weight is 711 g/mol. The van der Waals surface area contributed by atoms with Crippen molar-refractivity contribution in [3.8, 4) is 23.7 Å². The summed E-state index contributed by atoms with van der Waals surface area (Å²) in [7, 11) is 2.55. The van der Waals surface area contributed by atoms with Crippen LogP contribution in [-0.2, 0) is 19.1 Å². The topological polar surface area (TPSA) is 175 Å². The highest BCUT2D eigenvalue weighted by Crippen LogP contribution is 2.32. The van der Waals surface area contributed by atoms with Crippen LogP contribution in [0.5, 0.6) is 0 Å². The maximum atomic E-state index is 13.4. The van der Waals surface area contributed by atoms with Crippen molar-refractivity contribution in [1.82, 2.24) is 40.4 Å². The molecule has 4 amide bonds. The number of benzene rings is 1. The number of aromatic nitrogens is 4. The van der Waals surface area contributed by atoms with E-state index in [0.29, 0.717) is 36.1 Å². The number of amides is 4. The summed E-state index contributed by atoms with van der Waals surface area (Å²) in [5.41, 5.74) is 2.85. The molecule has 14 nitrogen and oxygen atoms in total. The van der Waals surface area contributed by atoms with Crippen molar-refractivity contribution in [2.24, 2.45) is 11.8 Å². The summed E-state index contributed by atoms with van der Waals surface area (Å²) in [6.45, 7) is 8.68. The lowest BCUT2D eigenvalue weighted by Gasteiger charge is -2.29. The maximum absolute atomic E-state index is 13.4. The van der Waals surface area contributed by atoms with Gasteiger partial charge < -0.3 is 39.9 Å². The van der Waals surface area contributed by atoms with Crippen LogP contribution in [0.4, 0.5) is 9.59 Å². The zero-order valence-corrected chi connectivity index (χ0v) is 30.4. The van der Waals surface area contributed by atoms with E-state index in [2.05, 4.69) is 54.3 Å². The van der Waals surface area contributed by atoms with Gasteiger partial charge in [-0.15, -0.1) is 0 Å². The van der Waals surface area contributed by atoms with E-state index in [9.17, 15) is 19.2 Å². The summed E-state index contributed by atoms with van der Waals surface area (Å²) in [5.74, 6) is 13.3. The van der Waals surface area contributed by atoms with E-state index < -0.39 is 24.3 Å². The predicted molar refractivity (Wildman–Crippen MR) is 191 cm³/mol.